The van der Waals surface area contributed by atoms with Crippen molar-refractivity contribution >= 4 is 11.7 Å². The number of benzene rings is 1. The topological polar surface area (TPSA) is 70.6 Å². The van der Waals surface area contributed by atoms with Crippen molar-refractivity contribution in [3.05, 3.63) is 23.8 Å². The number of carbonyl (C=O) groups is 1. The van der Waals surface area contributed by atoms with Gasteiger partial charge < -0.3 is 20.5 Å². The van der Waals surface area contributed by atoms with Gasteiger partial charge in [-0.2, -0.15) is 0 Å². The third kappa shape index (κ3) is 6.81. The van der Waals surface area contributed by atoms with Crippen molar-refractivity contribution in [3.63, 3.8) is 0 Å². The summed E-state index contributed by atoms with van der Waals surface area (Å²) in [4.78, 5) is 12.0. The lowest BCUT2D eigenvalue weighted by molar-refractivity contribution is 0.0816. The molecular weight excluding hydrogens is 306 g/mol. The van der Waals surface area contributed by atoms with Gasteiger partial charge in [-0.25, -0.2) is 13.6 Å². The van der Waals surface area contributed by atoms with Crippen molar-refractivity contribution in [3.8, 4) is 5.75 Å². The molecule has 0 spiro atoms. The van der Waals surface area contributed by atoms with Crippen LogP contribution in [0.4, 0.5) is 19.3 Å². The molecule has 1 rings (SSSR count). The number of nitrogens with one attached hydrogen (secondary N) is 2. The molecule has 23 heavy (non-hydrogen) atoms. The number of halogens is 2. The number of aliphatic hydroxyl groups excluding tert-OH is 1. The first-order valence-corrected chi connectivity index (χ1v) is 7.53. The van der Waals surface area contributed by atoms with Crippen LogP contribution in [0.15, 0.2) is 18.2 Å². The highest BCUT2D eigenvalue weighted by atomic mass is 19.3. The van der Waals surface area contributed by atoms with E-state index in [0.29, 0.717) is 23.4 Å². The van der Waals surface area contributed by atoms with E-state index in [1.165, 1.54) is 6.07 Å². The van der Waals surface area contributed by atoms with E-state index in [0.717, 1.165) is 0 Å². The number of aliphatic hydroxyl groups is 1. The fourth-order valence-electron chi connectivity index (χ4n) is 2.03. The average Bonchev–Trinajstić information content (AvgIpc) is 2.47. The van der Waals surface area contributed by atoms with Crippen LogP contribution in [0.2, 0.25) is 0 Å². The van der Waals surface area contributed by atoms with Crippen molar-refractivity contribution < 1.29 is 23.4 Å². The zero-order valence-electron chi connectivity index (χ0n) is 13.6. The van der Waals surface area contributed by atoms with Crippen LogP contribution in [-0.2, 0) is 0 Å². The highest BCUT2D eigenvalue weighted by molar-refractivity contribution is 5.89. The molecule has 0 bridgehead atoms. The molecule has 1 aromatic rings. The average molecular weight is 330 g/mol. The Labute approximate surface area is 135 Å². The van der Waals surface area contributed by atoms with Gasteiger partial charge in [0.15, 0.2) is 0 Å². The molecule has 5 nitrogen and oxygen atoms in total. The fourth-order valence-corrected chi connectivity index (χ4v) is 2.03. The first kappa shape index (κ1) is 19.2. The van der Waals surface area contributed by atoms with Crippen molar-refractivity contribution in [2.24, 2.45) is 5.92 Å². The van der Waals surface area contributed by atoms with Crippen molar-refractivity contribution in [2.45, 2.75) is 39.7 Å². The van der Waals surface area contributed by atoms with E-state index in [1.807, 2.05) is 13.8 Å². The summed E-state index contributed by atoms with van der Waals surface area (Å²) in [7, 11) is 0. The first-order valence-electron chi connectivity index (χ1n) is 7.53. The van der Waals surface area contributed by atoms with E-state index in [1.54, 1.807) is 19.1 Å². The number of aryl methyl sites for hydroxylation is 1. The summed E-state index contributed by atoms with van der Waals surface area (Å²) in [6.07, 6.45) is -2.10. The molecule has 0 aliphatic rings. The minimum atomic E-state index is -2.56. The zero-order valence-corrected chi connectivity index (χ0v) is 13.6. The van der Waals surface area contributed by atoms with Crippen LogP contribution in [0, 0.1) is 12.8 Å². The van der Waals surface area contributed by atoms with Gasteiger partial charge >= 0.3 is 6.03 Å². The predicted octanol–water partition coefficient (Wildman–Crippen LogP) is 3.17. The number of alkyl halides is 2. The van der Waals surface area contributed by atoms with Crippen molar-refractivity contribution in [1.29, 1.82) is 0 Å². The molecule has 0 radical (unpaired) electrons. The molecule has 3 N–H and O–H groups in total. The third-order valence-corrected chi connectivity index (χ3v) is 3.37. The highest BCUT2D eigenvalue weighted by Crippen LogP contribution is 2.23. The predicted molar refractivity (Wildman–Crippen MR) is 85.2 cm³/mol. The monoisotopic (exact) mass is 330 g/mol. The molecule has 130 valence electrons. The van der Waals surface area contributed by atoms with Crippen LogP contribution in [0.25, 0.3) is 0 Å². The number of hydrogen-bond acceptors (Lipinski definition) is 3. The Bertz CT molecular complexity index is 510. The number of ether oxygens (including phenoxy) is 1. The van der Waals surface area contributed by atoms with Crippen LogP contribution < -0.4 is 15.4 Å². The molecule has 0 fully saturated rings. The molecule has 7 heteroatoms. The lowest BCUT2D eigenvalue weighted by Gasteiger charge is -2.22. The SMILES string of the molecule is Cc1ccc(NC(=O)NC(CCO)C(C)C)cc1OCC(F)F. The largest absolute Gasteiger partial charge is 0.487 e. The second kappa shape index (κ2) is 9.29. The van der Waals surface area contributed by atoms with Gasteiger partial charge in [0.2, 0.25) is 0 Å². The van der Waals surface area contributed by atoms with E-state index in [2.05, 4.69) is 10.6 Å². The number of amides is 2. The van der Waals surface area contributed by atoms with Crippen LogP contribution in [0.3, 0.4) is 0 Å². The maximum absolute atomic E-state index is 12.2. The van der Waals surface area contributed by atoms with E-state index in [9.17, 15) is 13.6 Å². The molecule has 1 atom stereocenters. The molecule has 1 unspecified atom stereocenters. The van der Waals surface area contributed by atoms with E-state index in [-0.39, 0.29) is 18.6 Å². The summed E-state index contributed by atoms with van der Waals surface area (Å²) in [6, 6.07) is 4.29. The lowest BCUT2D eigenvalue weighted by atomic mass is 10.0. The number of carbonyl (C=O) groups excluding carboxylic acids is 1. The standard InChI is InChI=1S/C16H24F2N2O3/c1-10(2)13(6-7-21)20-16(22)19-12-5-4-11(3)14(8-12)23-9-15(17)18/h4-5,8,10,13,15,21H,6-7,9H2,1-3H3,(H2,19,20,22). The van der Waals surface area contributed by atoms with Crippen LogP contribution in [0.1, 0.15) is 25.8 Å². The third-order valence-electron chi connectivity index (χ3n) is 3.37. The molecule has 0 aromatic heterocycles. The molecular formula is C16H24F2N2O3. The quantitative estimate of drug-likeness (QED) is 0.686. The summed E-state index contributed by atoms with van der Waals surface area (Å²) in [6.45, 7) is 4.92. The van der Waals surface area contributed by atoms with Crippen LogP contribution in [-0.4, -0.2) is 36.8 Å². The number of urea groups is 1. The van der Waals surface area contributed by atoms with Gasteiger partial charge in [-0.3, -0.25) is 0 Å². The molecule has 0 saturated carbocycles. The van der Waals surface area contributed by atoms with Gasteiger partial charge in [-0.15, -0.1) is 0 Å². The van der Waals surface area contributed by atoms with Gasteiger partial charge in [-0.1, -0.05) is 19.9 Å². The zero-order chi connectivity index (χ0) is 17.4. The number of rotatable bonds is 8. The number of anilines is 1. The van der Waals surface area contributed by atoms with Gasteiger partial charge in [0.25, 0.3) is 6.43 Å². The molecule has 0 aliphatic carbocycles. The fraction of sp³-hybridized carbons (Fsp3) is 0.562. The minimum absolute atomic E-state index is 0.0146. The smallest absolute Gasteiger partial charge is 0.319 e. The molecule has 0 heterocycles. The van der Waals surface area contributed by atoms with Crippen LogP contribution >= 0.6 is 0 Å². The summed E-state index contributed by atoms with van der Waals surface area (Å²) < 4.78 is 29.5. The molecule has 0 saturated heterocycles. The summed E-state index contributed by atoms with van der Waals surface area (Å²) in [5.74, 6) is 0.481. The maximum atomic E-state index is 12.2. The molecule has 2 amide bonds. The van der Waals surface area contributed by atoms with Crippen molar-refractivity contribution in [2.75, 3.05) is 18.5 Å². The highest BCUT2D eigenvalue weighted by Gasteiger charge is 2.16. The van der Waals surface area contributed by atoms with Gasteiger partial charge in [0.1, 0.15) is 12.4 Å². The van der Waals surface area contributed by atoms with Gasteiger partial charge in [0.05, 0.1) is 0 Å². The Kier molecular flexibility index (Phi) is 7.74. The van der Waals surface area contributed by atoms with E-state index < -0.39 is 19.1 Å². The first-order chi connectivity index (χ1) is 10.8. The number of hydrogen-bond donors (Lipinski definition) is 3. The van der Waals surface area contributed by atoms with E-state index >= 15 is 0 Å². The Morgan fingerprint density at radius 2 is 2.04 bits per heavy atom. The second-order valence-electron chi connectivity index (χ2n) is 5.64. The normalized spacial score (nSPS) is 12.3. The molecule has 0 aliphatic heterocycles. The Morgan fingerprint density at radius 1 is 1.35 bits per heavy atom. The Hall–Kier alpha value is -1.89. The van der Waals surface area contributed by atoms with Crippen LogP contribution in [0.5, 0.6) is 5.75 Å². The van der Waals surface area contributed by atoms with Gasteiger partial charge in [-0.05, 0) is 30.9 Å². The Morgan fingerprint density at radius 3 is 2.61 bits per heavy atom. The maximum Gasteiger partial charge on any atom is 0.319 e. The summed E-state index contributed by atoms with van der Waals surface area (Å²) >= 11 is 0. The van der Waals surface area contributed by atoms with Gasteiger partial charge in [0, 0.05) is 24.4 Å². The lowest BCUT2D eigenvalue weighted by Crippen LogP contribution is -2.41. The molecule has 1 aromatic carbocycles. The summed E-state index contributed by atoms with van der Waals surface area (Å²) in [5, 5.41) is 14.4. The Balaban J connectivity index is 2.68. The van der Waals surface area contributed by atoms with E-state index in [4.69, 9.17) is 9.84 Å². The summed E-state index contributed by atoms with van der Waals surface area (Å²) in [5.41, 5.74) is 1.15. The second-order valence-corrected chi connectivity index (χ2v) is 5.64. The minimum Gasteiger partial charge on any atom is -0.487 e. The van der Waals surface area contributed by atoms with Crippen molar-refractivity contribution in [1.82, 2.24) is 5.32 Å².